The molecule has 7 heteroatoms. The molecule has 3 rings (SSSR count). The van der Waals surface area contributed by atoms with E-state index in [0.29, 0.717) is 25.9 Å². The molecule has 20 heavy (non-hydrogen) atoms. The van der Waals surface area contributed by atoms with Gasteiger partial charge in [-0.25, -0.2) is 9.78 Å². The number of piperidine rings is 1. The van der Waals surface area contributed by atoms with Crippen LogP contribution in [-0.2, 0) is 18.3 Å². The maximum atomic E-state index is 12.5. The predicted molar refractivity (Wildman–Crippen MR) is 72.0 cm³/mol. The summed E-state index contributed by atoms with van der Waals surface area (Å²) in [5.74, 6) is 0.761. The number of carbonyl (C=O) groups is 2. The van der Waals surface area contributed by atoms with Crippen molar-refractivity contribution in [1.29, 1.82) is 0 Å². The van der Waals surface area contributed by atoms with Gasteiger partial charge in [0.05, 0.1) is 0 Å². The van der Waals surface area contributed by atoms with Crippen LogP contribution in [0, 0.1) is 0 Å². The summed E-state index contributed by atoms with van der Waals surface area (Å²) in [4.78, 5) is 30.1. The first-order chi connectivity index (χ1) is 9.62. The third-order valence-corrected chi connectivity index (χ3v) is 4.11. The Morgan fingerprint density at radius 2 is 2.30 bits per heavy atom. The molecule has 2 saturated heterocycles. The second kappa shape index (κ2) is 4.90. The van der Waals surface area contributed by atoms with Gasteiger partial charge in [-0.05, 0) is 19.4 Å². The van der Waals surface area contributed by atoms with E-state index in [1.807, 2.05) is 17.8 Å². The largest absolute Gasteiger partial charge is 0.338 e. The van der Waals surface area contributed by atoms with Crippen LogP contribution in [0.3, 0.4) is 0 Å². The molecule has 3 amide bonds. The summed E-state index contributed by atoms with van der Waals surface area (Å²) in [7, 11) is 1.90. The number of imide groups is 1. The molecule has 0 radical (unpaired) electrons. The number of amides is 3. The number of rotatable bonds is 3. The lowest BCUT2D eigenvalue weighted by atomic mass is 9.90. The lowest BCUT2D eigenvalue weighted by molar-refractivity contribution is -0.131. The number of nitrogens with one attached hydrogen (secondary N) is 2. The van der Waals surface area contributed by atoms with Crippen molar-refractivity contribution >= 4 is 11.9 Å². The Kier molecular flexibility index (Phi) is 3.21. The number of imidazole rings is 1. The first-order valence-corrected chi connectivity index (χ1v) is 6.93. The summed E-state index contributed by atoms with van der Waals surface area (Å²) >= 11 is 0. The van der Waals surface area contributed by atoms with Crippen molar-refractivity contribution in [3.05, 3.63) is 18.2 Å². The Balaban J connectivity index is 1.69. The molecule has 1 unspecified atom stereocenters. The zero-order valence-corrected chi connectivity index (χ0v) is 11.6. The van der Waals surface area contributed by atoms with Crippen molar-refractivity contribution in [1.82, 2.24) is 25.1 Å². The maximum Gasteiger partial charge on any atom is 0.325 e. The van der Waals surface area contributed by atoms with Gasteiger partial charge in [0.25, 0.3) is 5.91 Å². The molecule has 2 aliphatic heterocycles. The van der Waals surface area contributed by atoms with E-state index in [4.69, 9.17) is 0 Å². The Hall–Kier alpha value is -1.89. The zero-order valence-electron chi connectivity index (χ0n) is 11.6. The van der Waals surface area contributed by atoms with Gasteiger partial charge >= 0.3 is 6.03 Å². The Labute approximate surface area is 117 Å². The highest BCUT2D eigenvalue weighted by Gasteiger charge is 2.51. The number of nitrogens with zero attached hydrogens (tertiary/aromatic N) is 3. The van der Waals surface area contributed by atoms with E-state index in [-0.39, 0.29) is 11.9 Å². The van der Waals surface area contributed by atoms with E-state index < -0.39 is 5.54 Å². The molecule has 7 nitrogen and oxygen atoms in total. The maximum absolute atomic E-state index is 12.5. The van der Waals surface area contributed by atoms with Crippen LogP contribution in [0.15, 0.2) is 12.4 Å². The minimum Gasteiger partial charge on any atom is -0.338 e. The molecule has 0 aromatic carbocycles. The number of carbonyl (C=O) groups excluding carboxylic acids is 2. The quantitative estimate of drug-likeness (QED) is 0.739. The highest BCUT2D eigenvalue weighted by molar-refractivity contribution is 6.07. The molecule has 1 atom stereocenters. The van der Waals surface area contributed by atoms with Gasteiger partial charge in [-0.2, -0.15) is 0 Å². The summed E-state index contributed by atoms with van der Waals surface area (Å²) in [6.07, 6.45) is 5.76. The van der Waals surface area contributed by atoms with E-state index in [1.165, 1.54) is 4.90 Å². The fraction of sp³-hybridized carbons (Fsp3) is 0.615. The van der Waals surface area contributed by atoms with Crippen LogP contribution in [0.1, 0.15) is 18.7 Å². The van der Waals surface area contributed by atoms with Crippen LogP contribution in [-0.4, -0.2) is 51.6 Å². The van der Waals surface area contributed by atoms with Gasteiger partial charge < -0.3 is 15.2 Å². The summed E-state index contributed by atoms with van der Waals surface area (Å²) in [6.45, 7) is 1.80. The van der Waals surface area contributed by atoms with Crippen molar-refractivity contribution < 1.29 is 9.59 Å². The lowest BCUT2D eigenvalue weighted by Gasteiger charge is -2.31. The second-order valence-electron chi connectivity index (χ2n) is 5.45. The lowest BCUT2D eigenvalue weighted by Crippen LogP contribution is -2.57. The Morgan fingerprint density at radius 1 is 1.45 bits per heavy atom. The van der Waals surface area contributed by atoms with Gasteiger partial charge in [0, 0.05) is 39.0 Å². The van der Waals surface area contributed by atoms with Crippen LogP contribution in [0.25, 0.3) is 0 Å². The van der Waals surface area contributed by atoms with Crippen molar-refractivity contribution in [2.45, 2.75) is 24.8 Å². The topological polar surface area (TPSA) is 79.3 Å². The number of hydrogen-bond donors (Lipinski definition) is 2. The van der Waals surface area contributed by atoms with E-state index in [1.54, 1.807) is 6.20 Å². The third-order valence-electron chi connectivity index (χ3n) is 4.11. The standard InChI is InChI=1S/C13H19N5O2/c1-17-8-6-15-10(17)3-7-18-11(19)13(16-12(18)20)4-2-5-14-9-13/h6,8,14H,2-5,7,9H2,1H3,(H,16,20). The molecule has 2 aliphatic rings. The normalized spacial score (nSPS) is 26.4. The molecule has 108 valence electrons. The van der Waals surface area contributed by atoms with Crippen molar-refractivity contribution in [3.8, 4) is 0 Å². The number of hydrogen-bond acceptors (Lipinski definition) is 4. The van der Waals surface area contributed by atoms with Crippen LogP contribution < -0.4 is 10.6 Å². The van der Waals surface area contributed by atoms with Gasteiger partial charge in [-0.15, -0.1) is 0 Å². The molecule has 3 heterocycles. The minimum absolute atomic E-state index is 0.107. The molecule has 2 fully saturated rings. The summed E-state index contributed by atoms with van der Waals surface area (Å²) in [5, 5.41) is 6.05. The third kappa shape index (κ3) is 2.07. The number of aromatic nitrogens is 2. The predicted octanol–water partition coefficient (Wildman–Crippen LogP) is -0.363. The van der Waals surface area contributed by atoms with Crippen LogP contribution in [0.2, 0.25) is 0 Å². The minimum atomic E-state index is -0.725. The van der Waals surface area contributed by atoms with Crippen molar-refractivity contribution in [2.24, 2.45) is 7.05 Å². The molecule has 1 aromatic heterocycles. The summed E-state index contributed by atoms with van der Waals surface area (Å²) < 4.78 is 1.90. The first kappa shape index (κ1) is 13.1. The second-order valence-corrected chi connectivity index (χ2v) is 5.45. The van der Waals surface area contributed by atoms with Crippen LogP contribution in [0.5, 0.6) is 0 Å². The van der Waals surface area contributed by atoms with Crippen molar-refractivity contribution in [2.75, 3.05) is 19.6 Å². The molecule has 0 aliphatic carbocycles. The fourth-order valence-electron chi connectivity index (χ4n) is 2.92. The molecule has 0 bridgehead atoms. The van der Waals surface area contributed by atoms with Crippen LogP contribution >= 0.6 is 0 Å². The molecule has 1 spiro atoms. The fourth-order valence-corrected chi connectivity index (χ4v) is 2.92. The van der Waals surface area contributed by atoms with Gasteiger partial charge in [0.1, 0.15) is 11.4 Å². The highest BCUT2D eigenvalue weighted by Crippen LogP contribution is 2.25. The number of urea groups is 1. The highest BCUT2D eigenvalue weighted by atomic mass is 16.2. The Bertz CT molecular complexity index is 533. The van der Waals surface area contributed by atoms with Gasteiger partial charge in [-0.3, -0.25) is 9.69 Å². The van der Waals surface area contributed by atoms with E-state index >= 15 is 0 Å². The molecular weight excluding hydrogens is 258 g/mol. The van der Waals surface area contributed by atoms with Gasteiger partial charge in [0.15, 0.2) is 0 Å². The SMILES string of the molecule is Cn1ccnc1CCN1C(=O)NC2(CCCNC2)C1=O. The van der Waals surface area contributed by atoms with E-state index in [9.17, 15) is 9.59 Å². The average Bonchev–Trinajstić information content (AvgIpc) is 2.93. The molecule has 1 aromatic rings. The molecule has 2 N–H and O–H groups in total. The summed E-state index contributed by atoms with van der Waals surface area (Å²) in [6, 6.07) is -0.284. The Morgan fingerprint density at radius 3 is 2.95 bits per heavy atom. The van der Waals surface area contributed by atoms with Crippen molar-refractivity contribution in [3.63, 3.8) is 0 Å². The average molecular weight is 277 g/mol. The smallest absolute Gasteiger partial charge is 0.325 e. The van der Waals surface area contributed by atoms with E-state index in [0.717, 1.165) is 18.8 Å². The molecule has 0 saturated carbocycles. The van der Waals surface area contributed by atoms with Crippen LogP contribution in [0.4, 0.5) is 4.79 Å². The van der Waals surface area contributed by atoms with E-state index in [2.05, 4.69) is 15.6 Å². The monoisotopic (exact) mass is 277 g/mol. The zero-order chi connectivity index (χ0) is 14.2. The first-order valence-electron chi connectivity index (χ1n) is 6.93. The number of aryl methyl sites for hydroxylation is 1. The van der Waals surface area contributed by atoms with Gasteiger partial charge in [-0.1, -0.05) is 0 Å². The van der Waals surface area contributed by atoms with Gasteiger partial charge in [0.2, 0.25) is 0 Å². The molecular formula is C13H19N5O2. The summed E-state index contributed by atoms with van der Waals surface area (Å²) in [5.41, 5.74) is -0.725.